The summed E-state index contributed by atoms with van der Waals surface area (Å²) in [6, 6.07) is 7.85. The quantitative estimate of drug-likeness (QED) is 0.747. The third kappa shape index (κ3) is 4.83. The Kier molecular flexibility index (Phi) is 5.77. The van der Waals surface area contributed by atoms with E-state index in [1.165, 1.54) is 6.20 Å². The van der Waals surface area contributed by atoms with Crippen molar-refractivity contribution in [2.24, 2.45) is 5.73 Å². The number of thioether (sulfide) groups is 1. The maximum atomic E-state index is 11.8. The summed E-state index contributed by atoms with van der Waals surface area (Å²) in [4.78, 5) is 28.1. The predicted molar refractivity (Wildman–Crippen MR) is 88.7 cm³/mol. The van der Waals surface area contributed by atoms with Crippen LogP contribution in [0.5, 0.6) is 0 Å². The van der Waals surface area contributed by atoms with Crippen LogP contribution < -0.4 is 11.1 Å². The van der Waals surface area contributed by atoms with Crippen molar-refractivity contribution in [3.05, 3.63) is 39.8 Å². The van der Waals surface area contributed by atoms with Gasteiger partial charge in [0.2, 0.25) is 5.91 Å². The Bertz CT molecular complexity index is 660. The number of carbonyl (C=O) groups is 2. The van der Waals surface area contributed by atoms with Crippen LogP contribution in [0.25, 0.3) is 0 Å². The van der Waals surface area contributed by atoms with Crippen LogP contribution in [0.4, 0.5) is 5.13 Å². The Morgan fingerprint density at radius 2 is 2.14 bits per heavy atom. The molecule has 0 atom stereocenters. The lowest BCUT2D eigenvalue weighted by Gasteiger charge is -2.04. The Hall–Kier alpha value is -1.38. The van der Waals surface area contributed by atoms with E-state index in [0.717, 1.165) is 20.7 Å². The van der Waals surface area contributed by atoms with Crippen molar-refractivity contribution in [3.8, 4) is 0 Å². The maximum absolute atomic E-state index is 11.8. The average molecular weight is 386 g/mol. The zero-order valence-corrected chi connectivity index (χ0v) is 14.1. The molecule has 0 radical (unpaired) electrons. The number of carbonyl (C=O) groups excluding carboxylic acids is 2. The molecule has 0 aliphatic carbocycles. The maximum Gasteiger partial charge on any atom is 0.260 e. The highest BCUT2D eigenvalue weighted by Gasteiger charge is 2.10. The number of amides is 2. The van der Waals surface area contributed by atoms with Crippen LogP contribution in [0.1, 0.15) is 16.1 Å². The number of hydrogen-bond donors (Lipinski definition) is 2. The van der Waals surface area contributed by atoms with E-state index in [2.05, 4.69) is 26.2 Å². The molecule has 21 heavy (non-hydrogen) atoms. The molecule has 0 saturated carbocycles. The lowest BCUT2D eigenvalue weighted by Crippen LogP contribution is -2.11. The third-order valence-corrected chi connectivity index (χ3v) is 5.37. The summed E-state index contributed by atoms with van der Waals surface area (Å²) >= 11 is 6.13. The van der Waals surface area contributed by atoms with Gasteiger partial charge in [-0.05, 0) is 28.1 Å². The van der Waals surface area contributed by atoms with Crippen molar-refractivity contribution in [1.29, 1.82) is 0 Å². The molecule has 1 heterocycles. The average Bonchev–Trinajstić information content (AvgIpc) is 2.89. The second-order valence-electron chi connectivity index (χ2n) is 3.97. The first-order chi connectivity index (χ1) is 10.1. The van der Waals surface area contributed by atoms with Crippen LogP contribution >= 0.6 is 39.0 Å². The summed E-state index contributed by atoms with van der Waals surface area (Å²) < 4.78 is 1.02. The number of anilines is 1. The van der Waals surface area contributed by atoms with Gasteiger partial charge in [0, 0.05) is 21.5 Å². The van der Waals surface area contributed by atoms with Gasteiger partial charge in [-0.2, -0.15) is 0 Å². The van der Waals surface area contributed by atoms with E-state index in [-0.39, 0.29) is 5.91 Å². The molecule has 2 aromatic rings. The first kappa shape index (κ1) is 16.0. The predicted octanol–water partition coefficient (Wildman–Crippen LogP) is 3.13. The minimum atomic E-state index is -0.544. The number of primary amides is 1. The van der Waals surface area contributed by atoms with Crippen LogP contribution in [0.3, 0.4) is 0 Å². The highest BCUT2D eigenvalue weighted by Crippen LogP contribution is 2.27. The molecule has 0 fully saturated rings. The molecule has 0 spiro atoms. The van der Waals surface area contributed by atoms with Crippen molar-refractivity contribution < 1.29 is 9.59 Å². The zero-order valence-electron chi connectivity index (χ0n) is 10.8. The standard InChI is InChI=1S/C13H12BrN3O2S2/c14-8-3-1-2-4-9(8)20-6-5-11(18)17-13-16-7-10(21-13)12(15)19/h1-4,7H,5-6H2,(H2,15,19)(H,16,17,18). The normalized spacial score (nSPS) is 10.3. The number of nitrogens with two attached hydrogens (primary N) is 1. The van der Waals surface area contributed by atoms with Crippen molar-refractivity contribution in [1.82, 2.24) is 4.98 Å². The Balaban J connectivity index is 1.79. The van der Waals surface area contributed by atoms with Crippen molar-refractivity contribution in [2.75, 3.05) is 11.1 Å². The Morgan fingerprint density at radius 3 is 2.81 bits per heavy atom. The van der Waals surface area contributed by atoms with Crippen LogP contribution in [-0.2, 0) is 4.79 Å². The van der Waals surface area contributed by atoms with E-state index in [1.54, 1.807) is 11.8 Å². The third-order valence-electron chi connectivity index (χ3n) is 2.42. The molecular formula is C13H12BrN3O2S2. The van der Waals surface area contributed by atoms with E-state index in [1.807, 2.05) is 24.3 Å². The molecule has 8 heteroatoms. The number of halogens is 1. The fourth-order valence-corrected chi connectivity index (χ4v) is 3.64. The molecule has 1 aromatic carbocycles. The summed E-state index contributed by atoms with van der Waals surface area (Å²) in [5, 5.41) is 3.04. The molecule has 110 valence electrons. The number of nitrogens with one attached hydrogen (secondary N) is 1. The lowest BCUT2D eigenvalue weighted by atomic mass is 10.4. The van der Waals surface area contributed by atoms with Crippen LogP contribution in [0.15, 0.2) is 39.8 Å². The minimum Gasteiger partial charge on any atom is -0.365 e. The second-order valence-corrected chi connectivity index (χ2v) is 6.99. The number of benzene rings is 1. The van der Waals surface area contributed by atoms with Gasteiger partial charge in [-0.1, -0.05) is 23.5 Å². The van der Waals surface area contributed by atoms with E-state index in [4.69, 9.17) is 5.73 Å². The monoisotopic (exact) mass is 385 g/mol. The van der Waals surface area contributed by atoms with Gasteiger partial charge in [0.05, 0.1) is 6.20 Å². The summed E-state index contributed by atoms with van der Waals surface area (Å²) in [6.07, 6.45) is 1.72. The number of aromatic nitrogens is 1. The second kappa shape index (κ2) is 7.58. The molecule has 1 aromatic heterocycles. The van der Waals surface area contributed by atoms with Crippen LogP contribution in [-0.4, -0.2) is 22.6 Å². The van der Waals surface area contributed by atoms with Crippen LogP contribution in [0.2, 0.25) is 0 Å². The molecule has 0 unspecified atom stereocenters. The number of hydrogen-bond acceptors (Lipinski definition) is 5. The molecule has 5 nitrogen and oxygen atoms in total. The van der Waals surface area contributed by atoms with Gasteiger partial charge < -0.3 is 11.1 Å². The first-order valence-corrected chi connectivity index (χ1v) is 8.58. The molecule has 0 saturated heterocycles. The molecule has 0 aliphatic heterocycles. The summed E-state index contributed by atoms with van der Waals surface area (Å²) in [5.41, 5.74) is 5.13. The van der Waals surface area contributed by atoms with Crippen LogP contribution in [0, 0.1) is 0 Å². The van der Waals surface area contributed by atoms with Gasteiger partial charge in [-0.15, -0.1) is 11.8 Å². The van der Waals surface area contributed by atoms with Crippen molar-refractivity contribution in [2.45, 2.75) is 11.3 Å². The molecule has 3 N–H and O–H groups in total. The summed E-state index contributed by atoms with van der Waals surface area (Å²) in [5.74, 6) is -0.0277. The summed E-state index contributed by atoms with van der Waals surface area (Å²) in [6.45, 7) is 0. The SMILES string of the molecule is NC(=O)c1cnc(NC(=O)CCSc2ccccc2Br)s1. The lowest BCUT2D eigenvalue weighted by molar-refractivity contribution is -0.115. The number of rotatable bonds is 6. The molecule has 2 rings (SSSR count). The van der Waals surface area contributed by atoms with E-state index < -0.39 is 5.91 Å². The van der Waals surface area contributed by atoms with Crippen molar-refractivity contribution >= 4 is 56.0 Å². The van der Waals surface area contributed by atoms with Gasteiger partial charge in [0.1, 0.15) is 4.88 Å². The Morgan fingerprint density at radius 1 is 1.38 bits per heavy atom. The fraction of sp³-hybridized carbons (Fsp3) is 0.154. The zero-order chi connectivity index (χ0) is 15.2. The fourth-order valence-electron chi connectivity index (χ4n) is 1.44. The van der Waals surface area contributed by atoms with Gasteiger partial charge in [0.15, 0.2) is 5.13 Å². The molecule has 0 aliphatic rings. The van der Waals surface area contributed by atoms with Gasteiger partial charge in [-0.3, -0.25) is 9.59 Å². The summed E-state index contributed by atoms with van der Waals surface area (Å²) in [7, 11) is 0. The highest BCUT2D eigenvalue weighted by atomic mass is 79.9. The van der Waals surface area contributed by atoms with E-state index >= 15 is 0 Å². The van der Waals surface area contributed by atoms with E-state index in [0.29, 0.717) is 22.2 Å². The molecule has 2 amide bonds. The van der Waals surface area contributed by atoms with Crippen molar-refractivity contribution in [3.63, 3.8) is 0 Å². The largest absolute Gasteiger partial charge is 0.365 e. The first-order valence-electron chi connectivity index (χ1n) is 5.99. The number of nitrogens with zero attached hydrogens (tertiary/aromatic N) is 1. The van der Waals surface area contributed by atoms with Gasteiger partial charge in [-0.25, -0.2) is 4.98 Å². The van der Waals surface area contributed by atoms with Gasteiger partial charge in [0.25, 0.3) is 5.91 Å². The highest BCUT2D eigenvalue weighted by molar-refractivity contribution is 9.10. The molecular weight excluding hydrogens is 374 g/mol. The van der Waals surface area contributed by atoms with E-state index in [9.17, 15) is 9.59 Å². The van der Waals surface area contributed by atoms with Gasteiger partial charge >= 0.3 is 0 Å². The number of thiazole rings is 1. The molecule has 0 bridgehead atoms. The Labute approximate surface area is 138 Å². The topological polar surface area (TPSA) is 85.1 Å². The smallest absolute Gasteiger partial charge is 0.260 e. The minimum absolute atomic E-state index is 0.139.